The molecule has 0 aromatic heterocycles. The summed E-state index contributed by atoms with van der Waals surface area (Å²) in [6.07, 6.45) is 3.52. The molecular weight excluding hydrogens is 744 g/mol. The molecule has 0 radical (unpaired) electrons. The summed E-state index contributed by atoms with van der Waals surface area (Å²) in [7, 11) is -4.64. The van der Waals surface area contributed by atoms with Gasteiger partial charge in [-0.3, -0.25) is 9.42 Å². The Kier molecular flexibility index (Phi) is 8.57. The van der Waals surface area contributed by atoms with Crippen LogP contribution in [0.1, 0.15) is 65.5 Å². The molecule has 1 heterocycles. The van der Waals surface area contributed by atoms with Gasteiger partial charge in [0.2, 0.25) is 0 Å². The Morgan fingerprint density at radius 2 is 1.17 bits per heavy atom. The van der Waals surface area contributed by atoms with Crippen LogP contribution in [0, 0.1) is 5.92 Å². The van der Waals surface area contributed by atoms with Gasteiger partial charge in [0.05, 0.1) is 5.60 Å². The van der Waals surface area contributed by atoms with Gasteiger partial charge in [0.15, 0.2) is 0 Å². The number of hydrogen-bond acceptors (Lipinski definition) is 3. The summed E-state index contributed by atoms with van der Waals surface area (Å²) in [5.74, 6) is 0.411. The average molecular weight is 789 g/mol. The molecule has 0 saturated carbocycles. The smallest absolute Gasteiger partial charge is 0.403 e. The maximum Gasteiger partial charge on any atom is 0.528 e. The molecule has 5 heteroatoms. The largest absolute Gasteiger partial charge is 0.528 e. The maximum absolute atomic E-state index is 14.6. The van der Waals surface area contributed by atoms with E-state index in [4.69, 9.17) is 9.05 Å². The third kappa shape index (κ3) is 6.25. The van der Waals surface area contributed by atoms with Crippen LogP contribution in [0.4, 0.5) is 0 Å². The van der Waals surface area contributed by atoms with E-state index < -0.39 is 13.4 Å². The molecule has 1 N–H and O–H groups in total. The summed E-state index contributed by atoms with van der Waals surface area (Å²) < 4.78 is 27.7. The van der Waals surface area contributed by atoms with Gasteiger partial charge in [-0.2, -0.15) is 0 Å². The van der Waals surface area contributed by atoms with Crippen LogP contribution in [0.25, 0.3) is 54.9 Å². The number of benzene rings is 8. The summed E-state index contributed by atoms with van der Waals surface area (Å²) in [6.45, 7) is 4.38. The van der Waals surface area contributed by atoms with E-state index in [1.807, 2.05) is 0 Å². The lowest BCUT2D eigenvalue weighted by Crippen LogP contribution is -2.46. The molecule has 4 nitrogen and oxygen atoms in total. The molecule has 8 aromatic rings. The van der Waals surface area contributed by atoms with E-state index in [0.717, 1.165) is 69.3 Å². The van der Waals surface area contributed by atoms with E-state index in [2.05, 4.69) is 178 Å². The van der Waals surface area contributed by atoms with Crippen molar-refractivity contribution in [2.75, 3.05) is 0 Å². The van der Waals surface area contributed by atoms with Gasteiger partial charge in [0.25, 0.3) is 0 Å². The standard InChI is InChI=1S/C54H45O4P/c1-34-15-28-47-46(29-34)32-49(39-22-16-37(17-23-39)43-26-20-35-9-3-5-11-41(35)30-43)53-51(47)52-48-14-8-7-13-45(48)33-50(54(52,2)58-59(55,56)57-53)40-24-18-38(19-25-40)44-27-21-36-10-4-6-12-42(36)31-44/h3-14,16-27,30-32,34,50,52H,15,28-29,33H2,1-2H3,(H,55,56)/t34?,50?,52-,54?/m1/s1. The quantitative estimate of drug-likeness (QED) is 0.181. The van der Waals surface area contributed by atoms with Crippen molar-refractivity contribution < 1.29 is 18.5 Å². The van der Waals surface area contributed by atoms with Crippen molar-refractivity contribution in [1.82, 2.24) is 0 Å². The second kappa shape index (κ2) is 13.9. The minimum Gasteiger partial charge on any atom is -0.403 e. The molecule has 290 valence electrons. The molecule has 59 heavy (non-hydrogen) atoms. The molecule has 2 aliphatic carbocycles. The van der Waals surface area contributed by atoms with E-state index in [1.54, 1.807) is 0 Å². The lowest BCUT2D eigenvalue weighted by atomic mass is 9.60. The minimum absolute atomic E-state index is 0.230. The predicted molar refractivity (Wildman–Crippen MR) is 240 cm³/mol. The van der Waals surface area contributed by atoms with E-state index in [-0.39, 0.29) is 11.8 Å². The van der Waals surface area contributed by atoms with Gasteiger partial charge in [0, 0.05) is 23.0 Å². The van der Waals surface area contributed by atoms with Crippen LogP contribution in [-0.2, 0) is 28.4 Å². The highest BCUT2D eigenvalue weighted by molar-refractivity contribution is 7.48. The van der Waals surface area contributed by atoms with Crippen molar-refractivity contribution in [3.05, 3.63) is 197 Å². The number of rotatable bonds is 4. The van der Waals surface area contributed by atoms with Crippen LogP contribution in [0.3, 0.4) is 0 Å². The zero-order valence-electron chi connectivity index (χ0n) is 33.3. The molecule has 0 bridgehead atoms. The third-order valence-electron chi connectivity index (χ3n) is 13.5. The maximum atomic E-state index is 14.6. The Labute approximate surface area is 345 Å². The molecular formula is C54H45O4P. The number of hydrogen-bond donors (Lipinski definition) is 1. The van der Waals surface area contributed by atoms with Crippen LogP contribution in [0.2, 0.25) is 0 Å². The van der Waals surface area contributed by atoms with E-state index in [9.17, 15) is 9.46 Å². The van der Waals surface area contributed by atoms with Crippen LogP contribution >= 0.6 is 7.82 Å². The van der Waals surface area contributed by atoms with E-state index in [1.165, 1.54) is 38.2 Å². The molecule has 0 fully saturated rings. The summed E-state index contributed by atoms with van der Waals surface area (Å²) in [6, 6.07) is 58.1. The van der Waals surface area contributed by atoms with Crippen molar-refractivity contribution in [2.24, 2.45) is 5.92 Å². The van der Waals surface area contributed by atoms with Crippen LogP contribution in [-0.4, -0.2) is 10.5 Å². The Balaban J connectivity index is 1.06. The number of phosphoric ester groups is 1. The topological polar surface area (TPSA) is 55.8 Å². The Morgan fingerprint density at radius 3 is 1.83 bits per heavy atom. The number of phosphoric acid groups is 1. The lowest BCUT2D eigenvalue weighted by Gasteiger charge is -2.47. The highest BCUT2D eigenvalue weighted by atomic mass is 31.2. The highest BCUT2D eigenvalue weighted by Crippen LogP contribution is 2.66. The molecule has 0 amide bonds. The van der Waals surface area contributed by atoms with Gasteiger partial charge in [-0.25, -0.2) is 4.57 Å². The highest BCUT2D eigenvalue weighted by Gasteiger charge is 2.57. The van der Waals surface area contributed by atoms with Crippen molar-refractivity contribution in [1.29, 1.82) is 0 Å². The lowest BCUT2D eigenvalue weighted by molar-refractivity contribution is 0.0144. The zero-order valence-corrected chi connectivity index (χ0v) is 34.2. The second-order valence-corrected chi connectivity index (χ2v) is 18.5. The van der Waals surface area contributed by atoms with Crippen LogP contribution in [0.15, 0.2) is 164 Å². The third-order valence-corrected chi connectivity index (χ3v) is 14.6. The molecule has 8 aromatic carbocycles. The van der Waals surface area contributed by atoms with Gasteiger partial charge in [-0.15, -0.1) is 0 Å². The Hall–Kier alpha value is -5.77. The van der Waals surface area contributed by atoms with Crippen molar-refractivity contribution >= 4 is 29.4 Å². The first-order chi connectivity index (χ1) is 28.7. The van der Waals surface area contributed by atoms with E-state index in [0.29, 0.717) is 18.1 Å². The van der Waals surface area contributed by atoms with Crippen molar-refractivity contribution in [3.8, 4) is 39.1 Å². The molecule has 4 unspecified atom stereocenters. The predicted octanol–water partition coefficient (Wildman–Crippen LogP) is 13.9. The number of fused-ring (bicyclic) bond motifs is 9. The summed E-state index contributed by atoms with van der Waals surface area (Å²) in [4.78, 5) is 11.9. The van der Waals surface area contributed by atoms with Crippen LogP contribution < -0.4 is 4.52 Å². The molecule has 0 spiro atoms. The average Bonchev–Trinajstić information content (AvgIpc) is 3.36. The first kappa shape index (κ1) is 36.3. The monoisotopic (exact) mass is 788 g/mol. The van der Waals surface area contributed by atoms with E-state index >= 15 is 0 Å². The molecule has 11 rings (SSSR count). The Morgan fingerprint density at radius 1 is 0.610 bits per heavy atom. The van der Waals surface area contributed by atoms with Crippen LogP contribution in [0.5, 0.6) is 5.75 Å². The molecule has 3 aliphatic rings. The van der Waals surface area contributed by atoms with Gasteiger partial charge >= 0.3 is 7.82 Å². The van der Waals surface area contributed by atoms with Crippen molar-refractivity contribution in [2.45, 2.75) is 57.0 Å². The fourth-order valence-corrected chi connectivity index (χ4v) is 11.8. The first-order valence-electron chi connectivity index (χ1n) is 20.9. The summed E-state index contributed by atoms with van der Waals surface area (Å²) in [5.41, 5.74) is 12.2. The molecule has 0 saturated heterocycles. The SMILES string of the molecule is CC1CCc2c(cc(-c3ccc(-c4ccc5ccccc5c4)cc3)c3c2[C@H]2c4ccccc4CC(c4ccc(-c5ccc6ccccc6c5)cc4)C2(C)OP(=O)(O)O3)C1. The van der Waals surface area contributed by atoms with Gasteiger partial charge in [-0.1, -0.05) is 153 Å². The Bertz CT molecular complexity index is 2990. The zero-order chi connectivity index (χ0) is 39.9. The summed E-state index contributed by atoms with van der Waals surface area (Å²) >= 11 is 0. The molecule has 1 aliphatic heterocycles. The molecule has 5 atom stereocenters. The normalized spacial score (nSPS) is 23.3. The minimum atomic E-state index is -4.64. The van der Waals surface area contributed by atoms with Gasteiger partial charge in [0.1, 0.15) is 5.75 Å². The first-order valence-corrected chi connectivity index (χ1v) is 22.4. The second-order valence-electron chi connectivity index (χ2n) is 17.2. The summed E-state index contributed by atoms with van der Waals surface area (Å²) in [5, 5.41) is 4.83. The fourth-order valence-electron chi connectivity index (χ4n) is 10.6. The fraction of sp³-hybridized carbons (Fsp3) is 0.185. The van der Waals surface area contributed by atoms with Crippen molar-refractivity contribution in [3.63, 3.8) is 0 Å². The van der Waals surface area contributed by atoms with Gasteiger partial charge < -0.3 is 4.52 Å². The van der Waals surface area contributed by atoms with Gasteiger partial charge in [-0.05, 0) is 134 Å².